The molecule has 0 aromatic heterocycles. The molecule has 2 aromatic rings. The molecule has 1 aliphatic rings. The van der Waals surface area contributed by atoms with Gasteiger partial charge in [0, 0.05) is 12.1 Å². The molecule has 0 aliphatic carbocycles. The Balaban J connectivity index is 1.67. The van der Waals surface area contributed by atoms with Crippen LogP contribution in [-0.4, -0.2) is 92.0 Å². The van der Waals surface area contributed by atoms with Gasteiger partial charge in [-0.25, -0.2) is 0 Å². The van der Waals surface area contributed by atoms with Crippen molar-refractivity contribution >= 4 is 20.2 Å². The molecule has 206 valence electrons. The van der Waals surface area contributed by atoms with Crippen LogP contribution in [0.5, 0.6) is 23.0 Å². The molecule has 0 saturated heterocycles. The van der Waals surface area contributed by atoms with Crippen LogP contribution in [0.4, 0.5) is 0 Å². The number of hydrogen-bond donors (Lipinski definition) is 2. The number of hydrogen-bond acceptors (Lipinski definition) is 11. The number of fused-ring (bicyclic) bond motifs is 2. The summed E-state index contributed by atoms with van der Waals surface area (Å²) in [5.74, 6) is 0.691. The lowest BCUT2D eigenvalue weighted by Gasteiger charge is -2.14. The van der Waals surface area contributed by atoms with Crippen molar-refractivity contribution in [2.75, 3.05) is 66.1 Å². The van der Waals surface area contributed by atoms with Crippen molar-refractivity contribution in [2.45, 2.75) is 9.79 Å². The summed E-state index contributed by atoms with van der Waals surface area (Å²) in [5.41, 5.74) is 0. The van der Waals surface area contributed by atoms with Crippen LogP contribution < -0.4 is 18.9 Å². The minimum Gasteiger partial charge on any atom is -0.487 e. The summed E-state index contributed by atoms with van der Waals surface area (Å²) in [4.78, 5) is -0.707. The van der Waals surface area contributed by atoms with Crippen LogP contribution in [-0.2, 0) is 34.4 Å². The molecule has 37 heavy (non-hydrogen) atoms. The van der Waals surface area contributed by atoms with Crippen molar-refractivity contribution in [1.82, 2.24) is 0 Å². The summed E-state index contributed by atoms with van der Waals surface area (Å²) in [6.45, 7) is 1.54. The zero-order valence-electron chi connectivity index (χ0n) is 19.7. The molecule has 1 heterocycles. The predicted molar refractivity (Wildman–Crippen MR) is 127 cm³/mol. The normalized spacial score (nSPS) is 17.4. The van der Waals surface area contributed by atoms with Crippen molar-refractivity contribution in [1.29, 1.82) is 0 Å². The monoisotopic (exact) mass is 564 g/mol. The minimum atomic E-state index is -4.45. The smallest absolute Gasteiger partial charge is 0.294 e. The van der Waals surface area contributed by atoms with E-state index in [2.05, 4.69) is 0 Å². The molecule has 0 bridgehead atoms. The Hall–Kier alpha value is -2.66. The second-order valence-corrected chi connectivity index (χ2v) is 10.2. The molecule has 0 radical (unpaired) electrons. The Morgan fingerprint density at radius 1 is 0.459 bits per heavy atom. The summed E-state index contributed by atoms with van der Waals surface area (Å²) >= 11 is 0. The Morgan fingerprint density at radius 2 is 0.757 bits per heavy atom. The van der Waals surface area contributed by atoms with Crippen molar-refractivity contribution in [3.05, 3.63) is 36.4 Å². The van der Waals surface area contributed by atoms with Gasteiger partial charge in [0.2, 0.25) is 0 Å². The van der Waals surface area contributed by atoms with Gasteiger partial charge in [0.15, 0.2) is 23.0 Å². The maximum Gasteiger partial charge on any atom is 0.294 e. The molecule has 0 fully saturated rings. The van der Waals surface area contributed by atoms with E-state index in [4.69, 9.17) is 33.2 Å². The van der Waals surface area contributed by atoms with E-state index in [0.29, 0.717) is 0 Å². The van der Waals surface area contributed by atoms with Gasteiger partial charge in [-0.15, -0.1) is 0 Å². The molecule has 0 saturated carbocycles. The van der Waals surface area contributed by atoms with Gasteiger partial charge < -0.3 is 33.2 Å². The molecule has 0 unspecified atom stereocenters. The van der Waals surface area contributed by atoms with E-state index in [-0.39, 0.29) is 98.9 Å². The molecule has 0 amide bonds. The van der Waals surface area contributed by atoms with Gasteiger partial charge in [-0.1, -0.05) is 0 Å². The first kappa shape index (κ1) is 28.9. The zero-order chi connectivity index (χ0) is 26.7. The van der Waals surface area contributed by atoms with Gasteiger partial charge in [0.05, 0.1) is 49.4 Å². The molecule has 2 N–H and O–H groups in total. The highest BCUT2D eigenvalue weighted by molar-refractivity contribution is 7.86. The van der Waals surface area contributed by atoms with E-state index in [1.165, 1.54) is 24.3 Å². The second kappa shape index (κ2) is 13.8. The molecule has 13 nitrogen and oxygen atoms in total. The largest absolute Gasteiger partial charge is 0.487 e. The Labute approximate surface area is 214 Å². The van der Waals surface area contributed by atoms with Gasteiger partial charge >= 0.3 is 0 Å². The summed E-state index contributed by atoms with van der Waals surface area (Å²) in [5, 5.41) is 0. The van der Waals surface area contributed by atoms with Crippen molar-refractivity contribution in [3.8, 4) is 23.0 Å². The first-order chi connectivity index (χ1) is 17.6. The fraction of sp³-hybridized carbons (Fsp3) is 0.455. The van der Waals surface area contributed by atoms with Gasteiger partial charge in [-0.3, -0.25) is 9.11 Å². The van der Waals surface area contributed by atoms with Gasteiger partial charge in [-0.05, 0) is 24.3 Å². The van der Waals surface area contributed by atoms with E-state index < -0.39 is 20.2 Å². The zero-order valence-corrected chi connectivity index (χ0v) is 21.4. The molecular formula is C22H28O13S2. The van der Waals surface area contributed by atoms with Crippen LogP contribution in [0, 0.1) is 0 Å². The lowest BCUT2D eigenvalue weighted by atomic mass is 10.3. The first-order valence-electron chi connectivity index (χ1n) is 11.1. The Bertz CT molecular complexity index is 1130. The first-order valence-corrected chi connectivity index (χ1v) is 14.0. The fourth-order valence-electron chi connectivity index (χ4n) is 3.03. The van der Waals surface area contributed by atoms with E-state index >= 15 is 0 Å². The SMILES string of the molecule is O=S(=O)(O)c1ccc2c(c1)OCCOCCOc1cc(S(=O)(=O)O)ccc1OCCOCCOCCO2. The van der Waals surface area contributed by atoms with Crippen LogP contribution in [0.2, 0.25) is 0 Å². The number of benzene rings is 2. The van der Waals surface area contributed by atoms with Crippen molar-refractivity contribution in [2.24, 2.45) is 0 Å². The summed E-state index contributed by atoms with van der Waals surface area (Å²) in [6, 6.07) is 7.39. The standard InChI is InChI=1S/C22H28O13S2/c23-36(24,25)17-1-3-19-21(15-17)34-13-9-31-10-14-35-22-16-18(37(26,27)28)2-4-20(22)33-12-8-30-6-5-29-7-11-32-19/h1-4,15-16H,5-14H2,(H,23,24,25)(H,26,27,28). The second-order valence-electron chi connectivity index (χ2n) is 7.40. The van der Waals surface area contributed by atoms with Crippen LogP contribution in [0.1, 0.15) is 0 Å². The third kappa shape index (κ3) is 9.62. The highest BCUT2D eigenvalue weighted by atomic mass is 32.2. The maximum atomic E-state index is 11.5. The van der Waals surface area contributed by atoms with Gasteiger partial charge in [0.1, 0.15) is 26.4 Å². The number of rotatable bonds is 2. The van der Waals surface area contributed by atoms with Gasteiger partial charge in [0.25, 0.3) is 20.2 Å². The molecule has 2 aromatic carbocycles. The Morgan fingerprint density at radius 3 is 1.08 bits per heavy atom. The molecule has 1 aliphatic heterocycles. The van der Waals surface area contributed by atoms with Crippen LogP contribution in [0.25, 0.3) is 0 Å². The van der Waals surface area contributed by atoms with Crippen molar-refractivity contribution in [3.63, 3.8) is 0 Å². The van der Waals surface area contributed by atoms with E-state index in [0.717, 1.165) is 12.1 Å². The van der Waals surface area contributed by atoms with E-state index in [1.54, 1.807) is 0 Å². The molecule has 0 spiro atoms. The average Bonchev–Trinajstić information content (AvgIpc) is 2.83. The molecule has 15 heteroatoms. The Kier molecular flexibility index (Phi) is 10.7. The van der Waals surface area contributed by atoms with Crippen molar-refractivity contribution < 1.29 is 59.1 Å². The maximum absolute atomic E-state index is 11.5. The predicted octanol–water partition coefficient (Wildman–Crippen LogP) is 1.46. The van der Waals surface area contributed by atoms with Crippen LogP contribution in [0.15, 0.2) is 46.2 Å². The lowest BCUT2D eigenvalue weighted by Crippen LogP contribution is -2.14. The van der Waals surface area contributed by atoms with Crippen LogP contribution in [0.3, 0.4) is 0 Å². The third-order valence-electron chi connectivity index (χ3n) is 4.74. The summed E-state index contributed by atoms with van der Waals surface area (Å²) < 4.78 is 103. The highest BCUT2D eigenvalue weighted by Crippen LogP contribution is 2.31. The quantitative estimate of drug-likeness (QED) is 0.502. The third-order valence-corrected chi connectivity index (χ3v) is 6.44. The van der Waals surface area contributed by atoms with E-state index in [1.807, 2.05) is 0 Å². The topological polar surface area (TPSA) is 173 Å². The highest BCUT2D eigenvalue weighted by Gasteiger charge is 2.16. The number of ether oxygens (including phenoxy) is 7. The minimum absolute atomic E-state index is 0.0196. The van der Waals surface area contributed by atoms with Crippen LogP contribution >= 0.6 is 0 Å². The lowest BCUT2D eigenvalue weighted by molar-refractivity contribution is 0.0268. The molecule has 3 rings (SSSR count). The molecule has 0 atom stereocenters. The van der Waals surface area contributed by atoms with E-state index in [9.17, 15) is 25.9 Å². The summed E-state index contributed by atoms with van der Waals surface area (Å²) in [7, 11) is -8.89. The average molecular weight is 565 g/mol. The fourth-order valence-corrected chi connectivity index (χ4v) is 4.02. The van der Waals surface area contributed by atoms with Gasteiger partial charge in [-0.2, -0.15) is 16.8 Å². The summed E-state index contributed by atoms with van der Waals surface area (Å²) in [6.07, 6.45) is 0. The molecular weight excluding hydrogens is 536 g/mol.